The fourth-order valence-electron chi connectivity index (χ4n) is 1.27. The molecule has 0 atom stereocenters. The standard InChI is InChI=1S/C10H17N9/c1-10(2,3)4-13-7-15-8(18-11)17-9(16-7)19-6-12-5-14-19/h5-6H,4,11H2,1-3H3,(H2,13,15,16,17,18). The van der Waals surface area contributed by atoms with Crippen molar-refractivity contribution in [2.45, 2.75) is 20.8 Å². The SMILES string of the molecule is CC(C)(C)CNc1nc(NN)nc(-n2cncn2)n1. The number of nitrogens with one attached hydrogen (secondary N) is 2. The lowest BCUT2D eigenvalue weighted by Gasteiger charge is -2.18. The third-order valence-corrected chi connectivity index (χ3v) is 2.15. The molecule has 4 N–H and O–H groups in total. The summed E-state index contributed by atoms with van der Waals surface area (Å²) in [5, 5.41) is 7.11. The molecule has 2 heterocycles. The van der Waals surface area contributed by atoms with Crippen molar-refractivity contribution in [3.63, 3.8) is 0 Å². The largest absolute Gasteiger partial charge is 0.353 e. The number of hydrogen-bond acceptors (Lipinski definition) is 8. The monoisotopic (exact) mass is 263 g/mol. The molecule has 2 aromatic heterocycles. The lowest BCUT2D eigenvalue weighted by atomic mass is 9.97. The van der Waals surface area contributed by atoms with Crippen molar-refractivity contribution in [3.05, 3.63) is 12.7 Å². The number of anilines is 2. The van der Waals surface area contributed by atoms with Gasteiger partial charge in [-0.3, -0.25) is 5.43 Å². The maximum Gasteiger partial charge on any atom is 0.258 e. The van der Waals surface area contributed by atoms with Gasteiger partial charge in [-0.15, -0.1) is 0 Å². The summed E-state index contributed by atoms with van der Waals surface area (Å²) in [6.45, 7) is 7.06. The van der Waals surface area contributed by atoms with E-state index in [0.717, 1.165) is 6.54 Å². The average Bonchev–Trinajstić information content (AvgIpc) is 2.89. The highest BCUT2D eigenvalue weighted by molar-refractivity contribution is 5.36. The molecule has 0 aliphatic heterocycles. The van der Waals surface area contributed by atoms with Crippen LogP contribution in [0.15, 0.2) is 12.7 Å². The van der Waals surface area contributed by atoms with Gasteiger partial charge in [0.05, 0.1) is 0 Å². The summed E-state index contributed by atoms with van der Waals surface area (Å²) in [4.78, 5) is 16.3. The summed E-state index contributed by atoms with van der Waals surface area (Å²) in [5.74, 6) is 6.39. The Bertz CT molecular complexity index is 528. The average molecular weight is 263 g/mol. The second kappa shape index (κ2) is 5.14. The first-order valence-corrected chi connectivity index (χ1v) is 5.79. The van der Waals surface area contributed by atoms with Crippen LogP contribution in [-0.4, -0.2) is 36.3 Å². The first-order valence-electron chi connectivity index (χ1n) is 5.79. The molecule has 9 nitrogen and oxygen atoms in total. The van der Waals surface area contributed by atoms with E-state index in [1.54, 1.807) is 0 Å². The fourth-order valence-corrected chi connectivity index (χ4v) is 1.27. The Labute approximate surface area is 110 Å². The molecular formula is C10H17N9. The van der Waals surface area contributed by atoms with E-state index in [9.17, 15) is 0 Å². The van der Waals surface area contributed by atoms with Crippen LogP contribution >= 0.6 is 0 Å². The summed E-state index contributed by atoms with van der Waals surface area (Å²) in [7, 11) is 0. The van der Waals surface area contributed by atoms with Gasteiger partial charge in [0.15, 0.2) is 0 Å². The number of hydrazine groups is 1. The summed E-state index contributed by atoms with van der Waals surface area (Å²) in [6, 6.07) is 0. The van der Waals surface area contributed by atoms with Crippen molar-refractivity contribution in [2.75, 3.05) is 17.3 Å². The lowest BCUT2D eigenvalue weighted by molar-refractivity contribution is 0.441. The van der Waals surface area contributed by atoms with Gasteiger partial charge in [0.25, 0.3) is 5.95 Å². The lowest BCUT2D eigenvalue weighted by Crippen LogP contribution is -2.22. The maximum atomic E-state index is 5.35. The van der Waals surface area contributed by atoms with E-state index in [4.69, 9.17) is 5.84 Å². The van der Waals surface area contributed by atoms with Crippen molar-refractivity contribution >= 4 is 11.9 Å². The van der Waals surface area contributed by atoms with Gasteiger partial charge in [-0.05, 0) is 5.41 Å². The summed E-state index contributed by atoms with van der Waals surface area (Å²) in [5.41, 5.74) is 2.51. The number of nitrogens with zero attached hydrogens (tertiary/aromatic N) is 6. The summed E-state index contributed by atoms with van der Waals surface area (Å²) < 4.78 is 1.44. The fraction of sp³-hybridized carbons (Fsp3) is 0.500. The zero-order chi connectivity index (χ0) is 13.9. The molecule has 0 unspecified atom stereocenters. The van der Waals surface area contributed by atoms with Crippen LogP contribution in [0.2, 0.25) is 0 Å². The van der Waals surface area contributed by atoms with E-state index in [1.165, 1.54) is 17.3 Å². The molecule has 2 aromatic rings. The molecule has 0 aliphatic rings. The van der Waals surface area contributed by atoms with Gasteiger partial charge in [-0.1, -0.05) is 20.8 Å². The van der Waals surface area contributed by atoms with Crippen LogP contribution < -0.4 is 16.6 Å². The van der Waals surface area contributed by atoms with E-state index in [-0.39, 0.29) is 11.4 Å². The first-order chi connectivity index (χ1) is 8.98. The Morgan fingerprint density at radius 3 is 2.53 bits per heavy atom. The Morgan fingerprint density at radius 2 is 1.95 bits per heavy atom. The van der Waals surface area contributed by atoms with E-state index in [2.05, 4.69) is 56.5 Å². The third-order valence-electron chi connectivity index (χ3n) is 2.15. The zero-order valence-electron chi connectivity index (χ0n) is 11.1. The maximum absolute atomic E-state index is 5.35. The number of aromatic nitrogens is 6. The quantitative estimate of drug-likeness (QED) is 0.528. The zero-order valence-corrected chi connectivity index (χ0v) is 11.1. The smallest absolute Gasteiger partial charge is 0.258 e. The van der Waals surface area contributed by atoms with E-state index >= 15 is 0 Å². The van der Waals surface area contributed by atoms with E-state index < -0.39 is 0 Å². The molecule has 0 saturated heterocycles. The molecule has 2 rings (SSSR count). The number of rotatable bonds is 4. The minimum Gasteiger partial charge on any atom is -0.353 e. The highest BCUT2D eigenvalue weighted by Crippen LogP contribution is 2.14. The highest BCUT2D eigenvalue weighted by atomic mass is 15.4. The predicted molar refractivity (Wildman–Crippen MR) is 70.5 cm³/mol. The number of nitrogen functional groups attached to an aromatic ring is 1. The molecular weight excluding hydrogens is 246 g/mol. The Balaban J connectivity index is 2.26. The molecule has 19 heavy (non-hydrogen) atoms. The minimum atomic E-state index is 0.107. The van der Waals surface area contributed by atoms with Crippen molar-refractivity contribution in [1.82, 2.24) is 29.7 Å². The van der Waals surface area contributed by atoms with Crippen molar-refractivity contribution in [1.29, 1.82) is 0 Å². The van der Waals surface area contributed by atoms with Gasteiger partial charge in [0.1, 0.15) is 12.7 Å². The van der Waals surface area contributed by atoms with Crippen LogP contribution in [0.1, 0.15) is 20.8 Å². The normalized spacial score (nSPS) is 11.4. The van der Waals surface area contributed by atoms with Gasteiger partial charge in [0.2, 0.25) is 11.9 Å². The summed E-state index contributed by atoms with van der Waals surface area (Å²) in [6.07, 6.45) is 2.91. The predicted octanol–water partition coefficient (Wildman–Crippen LogP) is 0.196. The molecule has 0 fully saturated rings. The van der Waals surface area contributed by atoms with Crippen LogP contribution in [0, 0.1) is 5.41 Å². The number of hydrogen-bond donors (Lipinski definition) is 3. The third kappa shape index (κ3) is 3.58. The summed E-state index contributed by atoms with van der Waals surface area (Å²) >= 11 is 0. The second-order valence-corrected chi connectivity index (χ2v) is 5.18. The Hall–Kier alpha value is -2.29. The topological polar surface area (TPSA) is 119 Å². The van der Waals surface area contributed by atoms with Gasteiger partial charge >= 0.3 is 0 Å². The van der Waals surface area contributed by atoms with Crippen LogP contribution in [-0.2, 0) is 0 Å². The molecule has 0 amide bonds. The van der Waals surface area contributed by atoms with Crippen LogP contribution in [0.25, 0.3) is 5.95 Å². The van der Waals surface area contributed by atoms with Crippen molar-refractivity contribution in [2.24, 2.45) is 11.3 Å². The molecule has 0 aliphatic carbocycles. The van der Waals surface area contributed by atoms with Gasteiger partial charge in [-0.25, -0.2) is 10.8 Å². The van der Waals surface area contributed by atoms with Crippen LogP contribution in [0.3, 0.4) is 0 Å². The van der Waals surface area contributed by atoms with Gasteiger partial charge in [-0.2, -0.15) is 24.7 Å². The van der Waals surface area contributed by atoms with Crippen LogP contribution in [0.5, 0.6) is 0 Å². The van der Waals surface area contributed by atoms with Crippen molar-refractivity contribution in [3.8, 4) is 5.95 Å². The number of nitrogens with two attached hydrogens (primary N) is 1. The molecule has 0 saturated carbocycles. The van der Waals surface area contributed by atoms with Gasteiger partial charge < -0.3 is 5.32 Å². The Morgan fingerprint density at radius 1 is 1.21 bits per heavy atom. The molecule has 0 aromatic carbocycles. The van der Waals surface area contributed by atoms with Gasteiger partial charge in [0, 0.05) is 6.54 Å². The molecule has 0 radical (unpaired) electrons. The molecule has 0 bridgehead atoms. The molecule has 0 spiro atoms. The van der Waals surface area contributed by atoms with Crippen LogP contribution in [0.4, 0.5) is 11.9 Å². The second-order valence-electron chi connectivity index (χ2n) is 5.18. The minimum absolute atomic E-state index is 0.107. The van der Waals surface area contributed by atoms with Crippen molar-refractivity contribution < 1.29 is 0 Å². The van der Waals surface area contributed by atoms with E-state index in [0.29, 0.717) is 11.9 Å². The first kappa shape index (κ1) is 13.1. The van der Waals surface area contributed by atoms with E-state index in [1.807, 2.05) is 0 Å². The highest BCUT2D eigenvalue weighted by Gasteiger charge is 2.12. The molecule has 102 valence electrons. The molecule has 9 heteroatoms. The Kier molecular flexibility index (Phi) is 3.56.